The largest absolute Gasteiger partial charge is 0.459 e. The molecule has 23 heavy (non-hydrogen) atoms. The van der Waals surface area contributed by atoms with Gasteiger partial charge in [0.25, 0.3) is 11.8 Å². The number of hydrogen-bond donors (Lipinski definition) is 3. The van der Waals surface area contributed by atoms with Gasteiger partial charge in [0.2, 0.25) is 0 Å². The molecule has 0 aliphatic rings. The Hall–Kier alpha value is -2.93. The van der Waals surface area contributed by atoms with E-state index < -0.39 is 17.6 Å². The molecule has 0 radical (unpaired) electrons. The van der Waals surface area contributed by atoms with Crippen LogP contribution in [0.5, 0.6) is 0 Å². The fourth-order valence-corrected chi connectivity index (χ4v) is 1.74. The Bertz CT molecular complexity index is 693. The van der Waals surface area contributed by atoms with Crippen LogP contribution in [0.15, 0.2) is 52.8 Å². The molecular formula is C16H15FN2O4. The molecule has 6 nitrogen and oxygen atoms in total. The first kappa shape index (κ1) is 16.4. The number of benzene rings is 1. The highest BCUT2D eigenvalue weighted by Crippen LogP contribution is 2.09. The van der Waals surface area contributed by atoms with Crippen LogP contribution in [0.2, 0.25) is 0 Å². The van der Waals surface area contributed by atoms with Gasteiger partial charge in [-0.1, -0.05) is 12.1 Å². The third-order valence-corrected chi connectivity index (χ3v) is 2.82. The molecule has 0 fully saturated rings. The van der Waals surface area contributed by atoms with E-state index in [0.29, 0.717) is 5.56 Å². The van der Waals surface area contributed by atoms with Crippen LogP contribution in [0, 0.1) is 5.82 Å². The number of aliphatic hydroxyl groups is 1. The monoisotopic (exact) mass is 318 g/mol. The Morgan fingerprint density at radius 2 is 1.96 bits per heavy atom. The van der Waals surface area contributed by atoms with Crippen molar-refractivity contribution in [1.82, 2.24) is 10.6 Å². The number of aliphatic hydroxyl groups excluding tert-OH is 1. The van der Waals surface area contributed by atoms with Gasteiger partial charge in [0.15, 0.2) is 5.76 Å². The Balaban J connectivity index is 2.22. The van der Waals surface area contributed by atoms with Crippen molar-refractivity contribution in [2.45, 2.75) is 0 Å². The molecule has 3 N–H and O–H groups in total. The van der Waals surface area contributed by atoms with E-state index >= 15 is 0 Å². The van der Waals surface area contributed by atoms with Gasteiger partial charge in [0.1, 0.15) is 11.5 Å². The van der Waals surface area contributed by atoms with Gasteiger partial charge in [-0.2, -0.15) is 0 Å². The van der Waals surface area contributed by atoms with Crippen LogP contribution in [0.4, 0.5) is 4.39 Å². The number of rotatable bonds is 6. The first-order valence-electron chi connectivity index (χ1n) is 6.81. The van der Waals surface area contributed by atoms with Crippen LogP contribution in [-0.2, 0) is 4.79 Å². The van der Waals surface area contributed by atoms with Crippen LogP contribution >= 0.6 is 0 Å². The van der Waals surface area contributed by atoms with Crippen molar-refractivity contribution < 1.29 is 23.5 Å². The van der Waals surface area contributed by atoms with Crippen LogP contribution < -0.4 is 10.6 Å². The highest BCUT2D eigenvalue weighted by molar-refractivity contribution is 6.04. The first-order valence-corrected chi connectivity index (χ1v) is 6.81. The molecule has 0 saturated heterocycles. The summed E-state index contributed by atoms with van der Waals surface area (Å²) < 4.78 is 17.9. The van der Waals surface area contributed by atoms with Gasteiger partial charge in [0.05, 0.1) is 12.9 Å². The molecular weight excluding hydrogens is 303 g/mol. The minimum Gasteiger partial charge on any atom is -0.459 e. The highest BCUT2D eigenvalue weighted by atomic mass is 19.1. The summed E-state index contributed by atoms with van der Waals surface area (Å²) >= 11 is 0. The van der Waals surface area contributed by atoms with Gasteiger partial charge in [0, 0.05) is 6.54 Å². The van der Waals surface area contributed by atoms with Gasteiger partial charge < -0.3 is 20.2 Å². The SMILES string of the molecule is O=C(NCCO)C(=Cc1ccc(F)cc1)NC(=O)c1ccco1. The van der Waals surface area contributed by atoms with Crippen molar-refractivity contribution >= 4 is 17.9 Å². The lowest BCUT2D eigenvalue weighted by Crippen LogP contribution is -2.36. The van der Waals surface area contributed by atoms with Gasteiger partial charge in [-0.15, -0.1) is 0 Å². The average Bonchev–Trinajstić information content (AvgIpc) is 3.08. The molecule has 7 heteroatoms. The van der Waals surface area contributed by atoms with Crippen molar-refractivity contribution in [2.24, 2.45) is 0 Å². The summed E-state index contributed by atoms with van der Waals surface area (Å²) in [6.07, 6.45) is 2.73. The molecule has 2 aromatic rings. The van der Waals surface area contributed by atoms with E-state index in [1.165, 1.54) is 42.7 Å². The molecule has 2 rings (SSSR count). The molecule has 120 valence electrons. The van der Waals surface area contributed by atoms with Gasteiger partial charge in [-0.3, -0.25) is 9.59 Å². The highest BCUT2D eigenvalue weighted by Gasteiger charge is 2.15. The van der Waals surface area contributed by atoms with Gasteiger partial charge in [-0.05, 0) is 35.9 Å². The van der Waals surface area contributed by atoms with E-state index in [9.17, 15) is 14.0 Å². The lowest BCUT2D eigenvalue weighted by Gasteiger charge is -2.09. The number of hydrogen-bond acceptors (Lipinski definition) is 4. The molecule has 1 aromatic heterocycles. The second kappa shape index (κ2) is 7.90. The van der Waals surface area contributed by atoms with E-state index in [-0.39, 0.29) is 24.6 Å². The zero-order valence-corrected chi connectivity index (χ0v) is 12.1. The molecule has 0 atom stereocenters. The average molecular weight is 318 g/mol. The normalized spacial score (nSPS) is 11.1. The number of halogens is 1. The number of carbonyl (C=O) groups excluding carboxylic acids is 2. The van der Waals surface area contributed by atoms with E-state index in [1.54, 1.807) is 6.07 Å². The molecule has 0 unspecified atom stereocenters. The maximum absolute atomic E-state index is 12.9. The summed E-state index contributed by atoms with van der Waals surface area (Å²) in [4.78, 5) is 24.1. The fraction of sp³-hybridized carbons (Fsp3) is 0.125. The van der Waals surface area contributed by atoms with Crippen molar-refractivity contribution in [1.29, 1.82) is 0 Å². The lowest BCUT2D eigenvalue weighted by molar-refractivity contribution is -0.117. The standard InChI is InChI=1S/C16H15FN2O4/c17-12-5-3-11(4-6-12)10-13(15(21)18-7-8-20)19-16(22)14-2-1-9-23-14/h1-6,9-10,20H,7-8H2,(H,18,21)(H,19,22). The molecule has 1 heterocycles. The van der Waals surface area contributed by atoms with Crippen molar-refractivity contribution in [3.63, 3.8) is 0 Å². The van der Waals surface area contributed by atoms with Crippen LogP contribution in [0.1, 0.15) is 16.1 Å². The van der Waals surface area contributed by atoms with Crippen LogP contribution in [-0.4, -0.2) is 30.1 Å². The van der Waals surface area contributed by atoms with E-state index in [1.807, 2.05) is 0 Å². The third kappa shape index (κ3) is 4.79. The maximum atomic E-state index is 12.9. The third-order valence-electron chi connectivity index (χ3n) is 2.82. The van der Waals surface area contributed by atoms with Crippen molar-refractivity contribution in [3.8, 4) is 0 Å². The first-order chi connectivity index (χ1) is 11.1. The summed E-state index contributed by atoms with van der Waals surface area (Å²) in [5, 5.41) is 13.6. The second-order valence-electron chi connectivity index (χ2n) is 4.52. The zero-order chi connectivity index (χ0) is 16.7. The summed E-state index contributed by atoms with van der Waals surface area (Å²) in [6.45, 7) is -0.197. The smallest absolute Gasteiger partial charge is 0.291 e. The molecule has 0 aliphatic heterocycles. The van der Waals surface area contributed by atoms with Gasteiger partial charge >= 0.3 is 0 Å². The Kier molecular flexibility index (Phi) is 5.65. The predicted molar refractivity (Wildman–Crippen MR) is 80.6 cm³/mol. The van der Waals surface area contributed by atoms with Crippen LogP contribution in [0.3, 0.4) is 0 Å². The Morgan fingerprint density at radius 1 is 1.22 bits per heavy atom. The van der Waals surface area contributed by atoms with Crippen molar-refractivity contribution in [3.05, 3.63) is 65.5 Å². The summed E-state index contributed by atoms with van der Waals surface area (Å²) in [5.74, 6) is -1.54. The number of carbonyl (C=O) groups is 2. The molecule has 0 spiro atoms. The minimum absolute atomic E-state index is 0.0379. The summed E-state index contributed by atoms with van der Waals surface area (Å²) in [7, 11) is 0. The van der Waals surface area contributed by atoms with E-state index in [0.717, 1.165) is 0 Å². The number of nitrogens with one attached hydrogen (secondary N) is 2. The zero-order valence-electron chi connectivity index (χ0n) is 12.1. The summed E-state index contributed by atoms with van der Waals surface area (Å²) in [6, 6.07) is 8.41. The lowest BCUT2D eigenvalue weighted by atomic mass is 10.2. The fourth-order valence-electron chi connectivity index (χ4n) is 1.74. The van der Waals surface area contributed by atoms with E-state index in [4.69, 9.17) is 9.52 Å². The summed E-state index contributed by atoms with van der Waals surface area (Å²) in [5.41, 5.74) is 0.478. The Morgan fingerprint density at radius 3 is 2.57 bits per heavy atom. The van der Waals surface area contributed by atoms with Crippen LogP contribution in [0.25, 0.3) is 6.08 Å². The molecule has 0 bridgehead atoms. The number of furan rings is 1. The van der Waals surface area contributed by atoms with Gasteiger partial charge in [-0.25, -0.2) is 4.39 Å². The molecule has 2 amide bonds. The van der Waals surface area contributed by atoms with Crippen molar-refractivity contribution in [2.75, 3.05) is 13.2 Å². The number of amides is 2. The molecule has 0 aliphatic carbocycles. The minimum atomic E-state index is -0.595. The van der Waals surface area contributed by atoms with E-state index in [2.05, 4.69) is 10.6 Å². The molecule has 1 aromatic carbocycles. The topological polar surface area (TPSA) is 91.6 Å². The Labute approximate surface area is 131 Å². The quantitative estimate of drug-likeness (QED) is 0.700. The predicted octanol–water partition coefficient (Wildman–Crippen LogP) is 1.30. The molecule has 0 saturated carbocycles. The second-order valence-corrected chi connectivity index (χ2v) is 4.52. The maximum Gasteiger partial charge on any atom is 0.291 e.